The van der Waals surface area contributed by atoms with Crippen LogP contribution in [0.25, 0.3) is 22.2 Å². The van der Waals surface area contributed by atoms with Crippen molar-refractivity contribution in [2.75, 3.05) is 0 Å². The van der Waals surface area contributed by atoms with E-state index in [1.54, 1.807) is 24.5 Å². The molecule has 0 atom stereocenters. The highest BCUT2D eigenvalue weighted by Gasteiger charge is 2.16. The smallest absolute Gasteiger partial charge is 0.345 e. The highest BCUT2D eigenvalue weighted by atomic mass is 16.5. The van der Waals surface area contributed by atoms with Gasteiger partial charge in [-0.15, -0.1) is 0 Å². The van der Waals surface area contributed by atoms with Crippen LogP contribution >= 0.6 is 0 Å². The highest BCUT2D eigenvalue weighted by molar-refractivity contribution is 6.03. The number of aromatic nitrogens is 2. The Morgan fingerprint density at radius 2 is 1.56 bits per heavy atom. The lowest BCUT2D eigenvalue weighted by Gasteiger charge is -2.10. The second-order valence-corrected chi connectivity index (χ2v) is 5.48. The third-order valence-corrected chi connectivity index (χ3v) is 3.88. The Hall–Kier alpha value is -3.53. The third-order valence-electron chi connectivity index (χ3n) is 3.88. The molecule has 25 heavy (non-hydrogen) atoms. The second kappa shape index (κ2) is 6.53. The maximum absolute atomic E-state index is 12.7. The third kappa shape index (κ3) is 2.97. The Labute approximate surface area is 144 Å². The predicted molar refractivity (Wildman–Crippen MR) is 96.4 cm³/mol. The molecule has 0 fully saturated rings. The van der Waals surface area contributed by atoms with Gasteiger partial charge < -0.3 is 4.74 Å². The van der Waals surface area contributed by atoms with Gasteiger partial charge in [-0.2, -0.15) is 0 Å². The molecule has 0 bridgehead atoms. The monoisotopic (exact) mass is 326 g/mol. The van der Waals surface area contributed by atoms with Crippen LogP contribution < -0.4 is 4.74 Å². The van der Waals surface area contributed by atoms with Crippen LogP contribution in [0, 0.1) is 0 Å². The van der Waals surface area contributed by atoms with Gasteiger partial charge in [-0.1, -0.05) is 36.4 Å². The molecule has 0 amide bonds. The zero-order chi connectivity index (χ0) is 17.1. The Balaban J connectivity index is 1.72. The molecule has 0 aliphatic carbocycles. The minimum Gasteiger partial charge on any atom is -0.422 e. The molecule has 120 valence electrons. The largest absolute Gasteiger partial charge is 0.422 e. The van der Waals surface area contributed by atoms with Crippen molar-refractivity contribution in [1.82, 2.24) is 9.97 Å². The van der Waals surface area contributed by atoms with Crippen LogP contribution in [0.15, 0.2) is 85.2 Å². The molecule has 0 saturated carbocycles. The van der Waals surface area contributed by atoms with E-state index in [0.29, 0.717) is 16.8 Å². The molecule has 0 saturated heterocycles. The van der Waals surface area contributed by atoms with Gasteiger partial charge in [0.25, 0.3) is 0 Å². The van der Waals surface area contributed by atoms with Crippen molar-refractivity contribution in [2.45, 2.75) is 0 Å². The molecule has 2 heterocycles. The number of para-hydroxylation sites is 2. The topological polar surface area (TPSA) is 52.1 Å². The highest BCUT2D eigenvalue weighted by Crippen LogP contribution is 2.29. The molecular weight excluding hydrogens is 312 g/mol. The number of carbonyl (C=O) groups is 1. The summed E-state index contributed by atoms with van der Waals surface area (Å²) >= 11 is 0. The number of fused-ring (bicyclic) bond motifs is 1. The van der Waals surface area contributed by atoms with Crippen molar-refractivity contribution in [2.24, 2.45) is 0 Å². The quantitative estimate of drug-likeness (QED) is 0.410. The van der Waals surface area contributed by atoms with Crippen LogP contribution in [0.3, 0.4) is 0 Å². The minimum absolute atomic E-state index is 0.437. The minimum atomic E-state index is -0.437. The maximum Gasteiger partial charge on any atom is 0.345 e. The zero-order valence-corrected chi connectivity index (χ0v) is 13.3. The van der Waals surface area contributed by atoms with E-state index in [-0.39, 0.29) is 0 Å². The number of esters is 1. The molecular formula is C21H14N2O2. The number of hydrogen-bond donors (Lipinski definition) is 0. The molecule has 0 N–H and O–H groups in total. The fourth-order valence-corrected chi connectivity index (χ4v) is 2.71. The van der Waals surface area contributed by atoms with Crippen molar-refractivity contribution in [1.29, 1.82) is 0 Å². The lowest BCUT2D eigenvalue weighted by atomic mass is 10.1. The number of nitrogens with zero attached hydrogens (tertiary/aromatic N) is 2. The fraction of sp³-hybridized carbons (Fsp3) is 0. The molecule has 0 aliphatic heterocycles. The molecule has 4 heteroatoms. The summed E-state index contributed by atoms with van der Waals surface area (Å²) in [6.07, 6.45) is 3.38. The van der Waals surface area contributed by atoms with Gasteiger partial charge in [0.1, 0.15) is 5.75 Å². The summed E-state index contributed by atoms with van der Waals surface area (Å²) in [5.74, 6) is 0.0341. The molecule has 4 nitrogen and oxygen atoms in total. The van der Waals surface area contributed by atoms with Crippen molar-refractivity contribution in [3.8, 4) is 17.0 Å². The lowest BCUT2D eigenvalue weighted by Crippen LogP contribution is -2.10. The number of benzene rings is 2. The SMILES string of the molecule is O=C(Oc1ccccc1-c1ccccn1)c1cccc2cccnc12. The van der Waals surface area contributed by atoms with Crippen molar-refractivity contribution in [3.05, 3.63) is 90.8 Å². The zero-order valence-electron chi connectivity index (χ0n) is 13.3. The summed E-state index contributed by atoms with van der Waals surface area (Å²) in [5.41, 5.74) is 2.59. The average Bonchev–Trinajstić information content (AvgIpc) is 2.68. The van der Waals surface area contributed by atoms with Crippen LogP contribution in [0.1, 0.15) is 10.4 Å². The van der Waals surface area contributed by atoms with Gasteiger partial charge in [-0.3, -0.25) is 9.97 Å². The predicted octanol–water partition coefficient (Wildman–Crippen LogP) is 4.52. The van der Waals surface area contributed by atoms with E-state index in [0.717, 1.165) is 16.6 Å². The first kappa shape index (κ1) is 15.0. The van der Waals surface area contributed by atoms with Crippen molar-refractivity contribution < 1.29 is 9.53 Å². The van der Waals surface area contributed by atoms with Gasteiger partial charge in [0, 0.05) is 23.3 Å². The number of hydrogen-bond acceptors (Lipinski definition) is 4. The number of pyridine rings is 2. The van der Waals surface area contributed by atoms with E-state index in [2.05, 4.69) is 9.97 Å². The first-order valence-corrected chi connectivity index (χ1v) is 7.89. The van der Waals surface area contributed by atoms with Crippen molar-refractivity contribution >= 4 is 16.9 Å². The summed E-state index contributed by atoms with van der Waals surface area (Å²) < 4.78 is 5.68. The van der Waals surface area contributed by atoms with E-state index in [9.17, 15) is 4.79 Å². The molecule has 0 unspecified atom stereocenters. The molecule has 2 aromatic carbocycles. The Bertz CT molecular complexity index is 1040. The van der Waals surface area contributed by atoms with Gasteiger partial charge in [0.05, 0.1) is 16.8 Å². The van der Waals surface area contributed by atoms with Gasteiger partial charge in [-0.05, 0) is 36.4 Å². The van der Waals surface area contributed by atoms with E-state index in [1.807, 2.05) is 60.7 Å². The fourth-order valence-electron chi connectivity index (χ4n) is 2.71. The summed E-state index contributed by atoms with van der Waals surface area (Å²) in [5, 5.41) is 0.898. The van der Waals surface area contributed by atoms with Gasteiger partial charge >= 0.3 is 5.97 Å². The average molecular weight is 326 g/mol. The molecule has 2 aromatic heterocycles. The molecule has 4 aromatic rings. The Morgan fingerprint density at radius 1 is 0.760 bits per heavy atom. The first-order chi connectivity index (χ1) is 12.3. The summed E-state index contributed by atoms with van der Waals surface area (Å²) in [6, 6.07) is 22.2. The van der Waals surface area contributed by atoms with E-state index in [4.69, 9.17) is 4.74 Å². The van der Waals surface area contributed by atoms with Gasteiger partial charge in [-0.25, -0.2) is 4.79 Å². The Kier molecular flexibility index (Phi) is 3.92. The van der Waals surface area contributed by atoms with Crippen LogP contribution in [-0.2, 0) is 0 Å². The first-order valence-electron chi connectivity index (χ1n) is 7.89. The second-order valence-electron chi connectivity index (χ2n) is 5.48. The van der Waals surface area contributed by atoms with Crippen molar-refractivity contribution in [3.63, 3.8) is 0 Å². The number of rotatable bonds is 3. The van der Waals surface area contributed by atoms with Crippen LogP contribution in [-0.4, -0.2) is 15.9 Å². The number of ether oxygens (including phenoxy) is 1. The van der Waals surface area contributed by atoms with E-state index in [1.165, 1.54) is 0 Å². The summed E-state index contributed by atoms with van der Waals surface area (Å²) in [4.78, 5) is 21.4. The van der Waals surface area contributed by atoms with Crippen LogP contribution in [0.4, 0.5) is 0 Å². The normalized spacial score (nSPS) is 10.6. The summed E-state index contributed by atoms with van der Waals surface area (Å²) in [7, 11) is 0. The number of carbonyl (C=O) groups excluding carboxylic acids is 1. The van der Waals surface area contributed by atoms with E-state index >= 15 is 0 Å². The summed E-state index contributed by atoms with van der Waals surface area (Å²) in [6.45, 7) is 0. The molecule has 0 spiro atoms. The van der Waals surface area contributed by atoms with Crippen LogP contribution in [0.2, 0.25) is 0 Å². The standard InChI is InChI=1S/C21H14N2O2/c24-21(17-10-5-7-15-8-6-14-23-20(15)17)25-19-12-2-1-9-16(19)18-11-3-4-13-22-18/h1-14H. The van der Waals surface area contributed by atoms with Crippen LogP contribution in [0.5, 0.6) is 5.75 Å². The molecule has 4 rings (SSSR count). The maximum atomic E-state index is 12.7. The van der Waals surface area contributed by atoms with Gasteiger partial charge in [0.2, 0.25) is 0 Å². The molecule has 0 aliphatic rings. The molecule has 0 radical (unpaired) electrons. The van der Waals surface area contributed by atoms with E-state index < -0.39 is 5.97 Å². The van der Waals surface area contributed by atoms with Gasteiger partial charge in [0.15, 0.2) is 0 Å². The lowest BCUT2D eigenvalue weighted by molar-refractivity contribution is 0.0737. The Morgan fingerprint density at radius 3 is 2.44 bits per heavy atom.